The van der Waals surface area contributed by atoms with Crippen molar-refractivity contribution in [3.8, 4) is 11.5 Å². The van der Waals surface area contributed by atoms with Gasteiger partial charge in [-0.05, 0) is 42.5 Å². The van der Waals surface area contributed by atoms with Crippen LogP contribution in [-0.2, 0) is 4.79 Å². The van der Waals surface area contributed by atoms with Gasteiger partial charge < -0.3 is 14.8 Å². The summed E-state index contributed by atoms with van der Waals surface area (Å²) in [5.74, 6) is 2.15. The second-order valence-electron chi connectivity index (χ2n) is 4.63. The number of fused-ring (bicyclic) bond motifs is 1. The van der Waals surface area contributed by atoms with Gasteiger partial charge in [0.15, 0.2) is 11.5 Å². The van der Waals surface area contributed by atoms with Crippen molar-refractivity contribution >= 4 is 12.0 Å². The lowest BCUT2D eigenvalue weighted by Crippen LogP contribution is -2.23. The molecule has 0 bridgehead atoms. The molecule has 1 aliphatic heterocycles. The highest BCUT2D eigenvalue weighted by Crippen LogP contribution is 2.32. The van der Waals surface area contributed by atoms with Crippen molar-refractivity contribution in [1.82, 2.24) is 5.32 Å². The molecule has 94 valence electrons. The van der Waals surface area contributed by atoms with Gasteiger partial charge in [0.2, 0.25) is 12.7 Å². The fraction of sp³-hybridized carbons (Fsp3) is 0.357. The number of carbonyl (C=O) groups is 1. The normalized spacial score (nSPS) is 17.1. The Morgan fingerprint density at radius 3 is 3.00 bits per heavy atom. The lowest BCUT2D eigenvalue weighted by Gasteiger charge is -1.99. The number of hydrogen-bond donors (Lipinski definition) is 1. The number of carbonyl (C=O) groups excluding carboxylic acids is 1. The maximum atomic E-state index is 11.5. The Hall–Kier alpha value is -1.97. The SMILES string of the molecule is O=C(/C=C/c1ccc2c(c1)OCO2)NCC1CC1. The molecule has 1 aliphatic carbocycles. The monoisotopic (exact) mass is 245 g/mol. The van der Waals surface area contributed by atoms with E-state index in [-0.39, 0.29) is 12.7 Å². The summed E-state index contributed by atoms with van der Waals surface area (Å²) in [6, 6.07) is 5.62. The molecule has 0 aromatic heterocycles. The molecule has 3 rings (SSSR count). The zero-order valence-corrected chi connectivity index (χ0v) is 10.0. The smallest absolute Gasteiger partial charge is 0.244 e. The predicted molar refractivity (Wildman–Crippen MR) is 67.3 cm³/mol. The fourth-order valence-corrected chi connectivity index (χ4v) is 1.81. The molecule has 4 nitrogen and oxygen atoms in total. The van der Waals surface area contributed by atoms with E-state index in [1.807, 2.05) is 18.2 Å². The summed E-state index contributed by atoms with van der Waals surface area (Å²) in [4.78, 5) is 11.5. The summed E-state index contributed by atoms with van der Waals surface area (Å²) in [5.41, 5.74) is 0.931. The standard InChI is InChI=1S/C14H15NO3/c16-14(15-8-11-1-2-11)6-4-10-3-5-12-13(7-10)18-9-17-12/h3-7,11H,1-2,8-9H2,(H,15,16)/b6-4+. The molecule has 0 radical (unpaired) electrons. The van der Waals surface area contributed by atoms with E-state index in [1.165, 1.54) is 12.8 Å². The first-order valence-corrected chi connectivity index (χ1v) is 6.17. The number of benzene rings is 1. The van der Waals surface area contributed by atoms with Gasteiger partial charge in [-0.2, -0.15) is 0 Å². The number of nitrogens with one attached hydrogen (secondary N) is 1. The maximum absolute atomic E-state index is 11.5. The topological polar surface area (TPSA) is 47.6 Å². The van der Waals surface area contributed by atoms with Crippen molar-refractivity contribution in [2.45, 2.75) is 12.8 Å². The third kappa shape index (κ3) is 2.64. The summed E-state index contributed by atoms with van der Waals surface area (Å²) in [6.07, 6.45) is 5.82. The van der Waals surface area contributed by atoms with Gasteiger partial charge >= 0.3 is 0 Å². The van der Waals surface area contributed by atoms with E-state index in [2.05, 4.69) is 5.32 Å². The van der Waals surface area contributed by atoms with E-state index >= 15 is 0 Å². The van der Waals surface area contributed by atoms with Gasteiger partial charge in [-0.3, -0.25) is 4.79 Å². The maximum Gasteiger partial charge on any atom is 0.244 e. The number of ether oxygens (including phenoxy) is 2. The molecular formula is C14H15NO3. The van der Waals surface area contributed by atoms with Crippen molar-refractivity contribution in [3.05, 3.63) is 29.8 Å². The summed E-state index contributed by atoms with van der Waals surface area (Å²) < 4.78 is 10.5. The van der Waals surface area contributed by atoms with Crippen LogP contribution in [0.15, 0.2) is 24.3 Å². The molecule has 18 heavy (non-hydrogen) atoms. The highest BCUT2D eigenvalue weighted by molar-refractivity contribution is 5.91. The Morgan fingerprint density at radius 1 is 1.33 bits per heavy atom. The van der Waals surface area contributed by atoms with E-state index < -0.39 is 0 Å². The molecule has 1 N–H and O–H groups in total. The highest BCUT2D eigenvalue weighted by atomic mass is 16.7. The molecule has 1 aromatic carbocycles. The van der Waals surface area contributed by atoms with Gasteiger partial charge in [0.25, 0.3) is 0 Å². The van der Waals surface area contributed by atoms with Gasteiger partial charge in [0, 0.05) is 12.6 Å². The van der Waals surface area contributed by atoms with Crippen LogP contribution < -0.4 is 14.8 Å². The van der Waals surface area contributed by atoms with Crippen LogP contribution in [0.5, 0.6) is 11.5 Å². The summed E-state index contributed by atoms with van der Waals surface area (Å²) in [7, 11) is 0. The lowest BCUT2D eigenvalue weighted by atomic mass is 10.2. The molecule has 1 aromatic rings. The summed E-state index contributed by atoms with van der Waals surface area (Å²) in [6.45, 7) is 1.06. The van der Waals surface area contributed by atoms with Crippen LogP contribution in [0.3, 0.4) is 0 Å². The van der Waals surface area contributed by atoms with Crippen molar-refractivity contribution in [2.24, 2.45) is 5.92 Å². The van der Waals surface area contributed by atoms with Crippen molar-refractivity contribution in [1.29, 1.82) is 0 Å². The highest BCUT2D eigenvalue weighted by Gasteiger charge is 2.21. The van der Waals surface area contributed by atoms with E-state index in [0.29, 0.717) is 5.92 Å². The third-order valence-corrected chi connectivity index (χ3v) is 3.09. The van der Waals surface area contributed by atoms with Crippen molar-refractivity contribution in [3.63, 3.8) is 0 Å². The fourth-order valence-electron chi connectivity index (χ4n) is 1.81. The predicted octanol–water partition coefficient (Wildman–Crippen LogP) is 1.95. The van der Waals surface area contributed by atoms with Crippen LogP contribution in [0.4, 0.5) is 0 Å². The molecule has 1 saturated carbocycles. The zero-order chi connectivity index (χ0) is 12.4. The van der Waals surface area contributed by atoms with Crippen LogP contribution in [0.2, 0.25) is 0 Å². The quantitative estimate of drug-likeness (QED) is 0.825. The zero-order valence-electron chi connectivity index (χ0n) is 10.0. The molecule has 0 unspecified atom stereocenters. The molecule has 0 spiro atoms. The Kier molecular flexibility index (Phi) is 2.92. The third-order valence-electron chi connectivity index (χ3n) is 3.09. The van der Waals surface area contributed by atoms with Crippen molar-refractivity contribution < 1.29 is 14.3 Å². The minimum Gasteiger partial charge on any atom is -0.454 e. The van der Waals surface area contributed by atoms with E-state index in [9.17, 15) is 4.79 Å². The first-order chi connectivity index (χ1) is 8.81. The van der Waals surface area contributed by atoms with Crippen LogP contribution in [0.25, 0.3) is 6.08 Å². The Labute approximate surface area is 106 Å². The molecule has 1 fully saturated rings. The van der Waals surface area contributed by atoms with Crippen LogP contribution in [0.1, 0.15) is 18.4 Å². The Bertz CT molecular complexity index is 492. The second-order valence-corrected chi connectivity index (χ2v) is 4.63. The minimum absolute atomic E-state index is 0.0421. The summed E-state index contributed by atoms with van der Waals surface area (Å²) in [5, 5.41) is 2.89. The number of rotatable bonds is 4. The second kappa shape index (κ2) is 4.72. The molecule has 1 amide bonds. The van der Waals surface area contributed by atoms with E-state index in [1.54, 1.807) is 12.2 Å². The van der Waals surface area contributed by atoms with Gasteiger partial charge in [0.05, 0.1) is 0 Å². The lowest BCUT2D eigenvalue weighted by molar-refractivity contribution is -0.116. The molecule has 0 atom stereocenters. The van der Waals surface area contributed by atoms with Gasteiger partial charge in [-0.25, -0.2) is 0 Å². The van der Waals surface area contributed by atoms with Crippen LogP contribution >= 0.6 is 0 Å². The molecule has 2 aliphatic rings. The molecule has 0 saturated heterocycles. The molecule has 1 heterocycles. The largest absolute Gasteiger partial charge is 0.454 e. The average molecular weight is 245 g/mol. The van der Waals surface area contributed by atoms with E-state index in [0.717, 1.165) is 23.6 Å². The number of hydrogen-bond acceptors (Lipinski definition) is 3. The first kappa shape index (κ1) is 11.1. The van der Waals surface area contributed by atoms with Crippen molar-refractivity contribution in [2.75, 3.05) is 13.3 Å². The average Bonchev–Trinajstić information content (AvgIpc) is 3.10. The minimum atomic E-state index is -0.0421. The molecular weight excluding hydrogens is 230 g/mol. The van der Waals surface area contributed by atoms with Gasteiger partial charge in [-0.1, -0.05) is 6.07 Å². The first-order valence-electron chi connectivity index (χ1n) is 6.17. The van der Waals surface area contributed by atoms with Gasteiger partial charge in [0.1, 0.15) is 0 Å². The Morgan fingerprint density at radius 2 is 2.17 bits per heavy atom. The van der Waals surface area contributed by atoms with Crippen LogP contribution in [-0.4, -0.2) is 19.2 Å². The van der Waals surface area contributed by atoms with E-state index in [4.69, 9.17) is 9.47 Å². The van der Waals surface area contributed by atoms with Gasteiger partial charge in [-0.15, -0.1) is 0 Å². The summed E-state index contributed by atoms with van der Waals surface area (Å²) >= 11 is 0. The van der Waals surface area contributed by atoms with Crippen LogP contribution in [0, 0.1) is 5.92 Å². The number of amides is 1. The molecule has 4 heteroatoms. The Balaban J connectivity index is 1.59.